The lowest BCUT2D eigenvalue weighted by Crippen LogP contribution is -2.31. The Morgan fingerprint density at radius 1 is 1.41 bits per heavy atom. The fourth-order valence-electron chi connectivity index (χ4n) is 2.73. The van der Waals surface area contributed by atoms with E-state index in [1.54, 1.807) is 12.3 Å². The summed E-state index contributed by atoms with van der Waals surface area (Å²) in [4.78, 5) is 6.54. The van der Waals surface area contributed by atoms with Crippen LogP contribution in [0.15, 0.2) is 30.5 Å². The maximum Gasteiger partial charge on any atom is 0.151 e. The molecule has 0 amide bonds. The molecule has 1 aliphatic rings. The molecule has 3 rings (SSSR count). The van der Waals surface area contributed by atoms with Crippen molar-refractivity contribution in [1.29, 1.82) is 0 Å². The van der Waals surface area contributed by atoms with E-state index in [0.717, 1.165) is 34.6 Å². The van der Waals surface area contributed by atoms with Crippen molar-refractivity contribution >= 4 is 11.5 Å². The molecule has 1 aromatic carbocycles. The summed E-state index contributed by atoms with van der Waals surface area (Å²) in [6.07, 6.45) is 2.16. The number of nitrogens with one attached hydrogen (secondary N) is 1. The molecule has 1 aromatic heterocycles. The summed E-state index contributed by atoms with van der Waals surface area (Å²) in [5.41, 5.74) is 3.79. The highest BCUT2D eigenvalue weighted by molar-refractivity contribution is 5.78. The number of pyridine rings is 1. The maximum atomic E-state index is 13.3. The number of anilines is 2. The zero-order chi connectivity index (χ0) is 15.7. The maximum absolute atomic E-state index is 13.3. The minimum absolute atomic E-state index is 0.232. The third-order valence-corrected chi connectivity index (χ3v) is 4.05. The summed E-state index contributed by atoms with van der Waals surface area (Å²) in [5, 5.41) is 13.1. The van der Waals surface area contributed by atoms with Gasteiger partial charge in [0.2, 0.25) is 0 Å². The first-order chi connectivity index (χ1) is 10.6. The lowest BCUT2D eigenvalue weighted by molar-refractivity contribution is 0.176. The van der Waals surface area contributed by atoms with Crippen LogP contribution in [-0.4, -0.2) is 29.4 Å². The highest BCUT2D eigenvalue weighted by Gasteiger charge is 2.22. The van der Waals surface area contributed by atoms with Gasteiger partial charge in [-0.1, -0.05) is 13.0 Å². The molecule has 2 heterocycles. The van der Waals surface area contributed by atoms with Crippen molar-refractivity contribution in [1.82, 2.24) is 4.98 Å². The number of aryl methyl sites for hydroxylation is 1. The van der Waals surface area contributed by atoms with Crippen molar-refractivity contribution in [3.63, 3.8) is 0 Å². The second-order valence-corrected chi connectivity index (χ2v) is 5.67. The normalized spacial score (nSPS) is 14.6. The lowest BCUT2D eigenvalue weighted by atomic mass is 10.0. The second-order valence-electron chi connectivity index (χ2n) is 5.67. The fraction of sp³-hybridized carbons (Fsp3) is 0.353. The molecule has 4 nitrogen and oxygen atoms in total. The van der Waals surface area contributed by atoms with Crippen molar-refractivity contribution < 1.29 is 9.50 Å². The Morgan fingerprint density at radius 2 is 2.23 bits per heavy atom. The van der Waals surface area contributed by atoms with Crippen LogP contribution >= 0.6 is 0 Å². The molecule has 2 aromatic rings. The standard InChI is InChI=1S/C17H20FN3O/c1-3-14(22)9-21-10-20-17-16(21)7-12(8-19-17)15-5-4-13(18)6-11(15)2/h4-8,14,22H,3,9-10H2,1-2H3,(H,19,20)/t14-/m1/s1. The van der Waals surface area contributed by atoms with Gasteiger partial charge < -0.3 is 15.3 Å². The Balaban J connectivity index is 1.94. The largest absolute Gasteiger partial charge is 0.391 e. The number of halogens is 1. The van der Waals surface area contributed by atoms with Crippen LogP contribution in [-0.2, 0) is 0 Å². The lowest BCUT2D eigenvalue weighted by Gasteiger charge is -2.21. The molecular weight excluding hydrogens is 281 g/mol. The molecule has 1 aliphatic heterocycles. The van der Waals surface area contributed by atoms with Gasteiger partial charge in [0.15, 0.2) is 5.82 Å². The first kappa shape index (κ1) is 14.8. The van der Waals surface area contributed by atoms with Gasteiger partial charge >= 0.3 is 0 Å². The van der Waals surface area contributed by atoms with E-state index in [1.165, 1.54) is 12.1 Å². The Morgan fingerprint density at radius 3 is 2.95 bits per heavy atom. The van der Waals surface area contributed by atoms with E-state index in [1.807, 2.05) is 19.9 Å². The third-order valence-electron chi connectivity index (χ3n) is 4.05. The first-order valence-electron chi connectivity index (χ1n) is 7.52. The fourth-order valence-corrected chi connectivity index (χ4v) is 2.73. The van der Waals surface area contributed by atoms with Crippen LogP contribution in [0.1, 0.15) is 18.9 Å². The third kappa shape index (κ3) is 2.76. The summed E-state index contributed by atoms with van der Waals surface area (Å²) in [7, 11) is 0. The highest BCUT2D eigenvalue weighted by atomic mass is 19.1. The average molecular weight is 301 g/mol. The molecule has 5 heteroatoms. The molecule has 0 fully saturated rings. The van der Waals surface area contributed by atoms with Crippen molar-refractivity contribution in [2.45, 2.75) is 26.4 Å². The van der Waals surface area contributed by atoms with Gasteiger partial charge in [-0.05, 0) is 42.7 Å². The van der Waals surface area contributed by atoms with E-state index in [-0.39, 0.29) is 11.9 Å². The number of hydrogen-bond acceptors (Lipinski definition) is 4. The Kier molecular flexibility index (Phi) is 3.98. The molecular formula is C17H20FN3O. The van der Waals surface area contributed by atoms with Crippen LogP contribution in [0.3, 0.4) is 0 Å². The Bertz CT molecular complexity index is 690. The van der Waals surface area contributed by atoms with E-state index in [9.17, 15) is 9.50 Å². The number of nitrogens with zero attached hydrogens (tertiary/aromatic N) is 2. The monoisotopic (exact) mass is 301 g/mol. The van der Waals surface area contributed by atoms with Crippen LogP contribution in [0.2, 0.25) is 0 Å². The number of fused-ring (bicyclic) bond motifs is 1. The minimum atomic E-state index is -0.357. The van der Waals surface area contributed by atoms with E-state index >= 15 is 0 Å². The number of aromatic nitrogens is 1. The molecule has 0 bridgehead atoms. The van der Waals surface area contributed by atoms with Crippen molar-refractivity contribution in [3.05, 3.63) is 41.8 Å². The molecule has 0 aliphatic carbocycles. The predicted octanol–water partition coefficient (Wildman–Crippen LogP) is 3.16. The molecule has 22 heavy (non-hydrogen) atoms. The Labute approximate surface area is 129 Å². The van der Waals surface area contributed by atoms with E-state index in [0.29, 0.717) is 13.2 Å². The van der Waals surface area contributed by atoms with Gasteiger partial charge in [0, 0.05) is 18.3 Å². The van der Waals surface area contributed by atoms with Crippen LogP contribution in [0.4, 0.5) is 15.9 Å². The Hall–Kier alpha value is -2.14. The zero-order valence-electron chi connectivity index (χ0n) is 12.8. The van der Waals surface area contributed by atoms with Crippen molar-refractivity contribution in [2.75, 3.05) is 23.4 Å². The van der Waals surface area contributed by atoms with Crippen LogP contribution in [0.25, 0.3) is 11.1 Å². The van der Waals surface area contributed by atoms with E-state index in [2.05, 4.69) is 15.2 Å². The van der Waals surface area contributed by atoms with Crippen molar-refractivity contribution in [3.8, 4) is 11.1 Å². The minimum Gasteiger partial charge on any atom is -0.391 e. The smallest absolute Gasteiger partial charge is 0.151 e. The molecule has 116 valence electrons. The van der Waals surface area contributed by atoms with Gasteiger partial charge in [-0.3, -0.25) is 0 Å². The summed E-state index contributed by atoms with van der Waals surface area (Å²) in [5.74, 6) is 0.594. The van der Waals surface area contributed by atoms with Gasteiger partial charge in [-0.15, -0.1) is 0 Å². The van der Waals surface area contributed by atoms with Crippen LogP contribution in [0, 0.1) is 12.7 Å². The van der Waals surface area contributed by atoms with Gasteiger partial charge in [0.1, 0.15) is 5.82 Å². The molecule has 2 N–H and O–H groups in total. The van der Waals surface area contributed by atoms with Crippen LogP contribution < -0.4 is 10.2 Å². The molecule has 0 unspecified atom stereocenters. The SMILES string of the molecule is CC[C@@H](O)CN1CNc2ncc(-c3ccc(F)cc3C)cc21. The number of aliphatic hydroxyl groups is 1. The second kappa shape index (κ2) is 5.93. The van der Waals surface area contributed by atoms with Gasteiger partial charge in [0.05, 0.1) is 18.5 Å². The number of hydrogen-bond donors (Lipinski definition) is 2. The molecule has 0 spiro atoms. The van der Waals surface area contributed by atoms with E-state index < -0.39 is 0 Å². The van der Waals surface area contributed by atoms with Gasteiger partial charge in [-0.25, -0.2) is 9.37 Å². The molecule has 0 saturated heterocycles. The highest BCUT2D eigenvalue weighted by Crippen LogP contribution is 2.34. The van der Waals surface area contributed by atoms with E-state index in [4.69, 9.17) is 0 Å². The number of aliphatic hydroxyl groups excluding tert-OH is 1. The molecule has 1 atom stereocenters. The van der Waals surface area contributed by atoms with Gasteiger partial charge in [0.25, 0.3) is 0 Å². The van der Waals surface area contributed by atoms with Crippen LogP contribution in [0.5, 0.6) is 0 Å². The topological polar surface area (TPSA) is 48.4 Å². The zero-order valence-corrected chi connectivity index (χ0v) is 12.8. The summed E-state index contributed by atoms with van der Waals surface area (Å²) in [6, 6.07) is 6.82. The quantitative estimate of drug-likeness (QED) is 0.911. The summed E-state index contributed by atoms with van der Waals surface area (Å²) in [6.45, 7) is 5.07. The van der Waals surface area contributed by atoms with Gasteiger partial charge in [-0.2, -0.15) is 0 Å². The summed E-state index contributed by atoms with van der Waals surface area (Å²) < 4.78 is 13.3. The average Bonchev–Trinajstić information content (AvgIpc) is 2.89. The number of β-amino-alcohol motifs (C(OH)–C–C–N with tert-alkyl or cyclic N) is 1. The number of rotatable bonds is 4. The molecule has 0 radical (unpaired) electrons. The predicted molar refractivity (Wildman–Crippen MR) is 86.5 cm³/mol. The summed E-state index contributed by atoms with van der Waals surface area (Å²) >= 11 is 0. The number of benzene rings is 1. The van der Waals surface area contributed by atoms with Crippen molar-refractivity contribution in [2.24, 2.45) is 0 Å². The first-order valence-corrected chi connectivity index (χ1v) is 7.52. The molecule has 0 saturated carbocycles.